The van der Waals surface area contributed by atoms with Crippen molar-refractivity contribution in [1.82, 2.24) is 0 Å². The first-order valence-corrected chi connectivity index (χ1v) is 10.8. The minimum absolute atomic E-state index is 0.213. The van der Waals surface area contributed by atoms with Gasteiger partial charge in [-0.3, -0.25) is 9.69 Å². The van der Waals surface area contributed by atoms with E-state index in [2.05, 4.69) is 4.99 Å². The van der Waals surface area contributed by atoms with Crippen LogP contribution in [0.4, 0.5) is 11.4 Å². The van der Waals surface area contributed by atoms with Crippen LogP contribution in [0.2, 0.25) is 0 Å². The number of methoxy groups -OCH3 is 1. The van der Waals surface area contributed by atoms with E-state index >= 15 is 0 Å². The highest BCUT2D eigenvalue weighted by atomic mass is 32.2. The molecule has 3 aromatic rings. The van der Waals surface area contributed by atoms with Crippen molar-refractivity contribution in [3.8, 4) is 11.5 Å². The summed E-state index contributed by atoms with van der Waals surface area (Å²) in [6, 6.07) is 23.7. The Bertz CT molecular complexity index is 1230. The summed E-state index contributed by atoms with van der Waals surface area (Å²) in [5.74, 6) is -1.06. The average molecular weight is 460 g/mol. The third-order valence-electron chi connectivity index (χ3n) is 4.65. The highest BCUT2D eigenvalue weighted by Gasteiger charge is 2.35. The quantitative estimate of drug-likeness (QED) is 0.501. The van der Waals surface area contributed by atoms with E-state index in [-0.39, 0.29) is 11.7 Å². The summed E-state index contributed by atoms with van der Waals surface area (Å²) in [5, 5.41) is 11.4. The molecule has 3 aromatic carbocycles. The summed E-state index contributed by atoms with van der Waals surface area (Å²) in [5.41, 5.74) is 1.90. The van der Waals surface area contributed by atoms with Gasteiger partial charge >= 0.3 is 0 Å². The second kappa shape index (κ2) is 10.1. The third kappa shape index (κ3) is 5.07. The van der Waals surface area contributed by atoms with E-state index in [1.54, 1.807) is 29.2 Å². The molecule has 0 N–H and O–H groups in total. The van der Waals surface area contributed by atoms with E-state index in [0.29, 0.717) is 32.8 Å². The second-order valence-electron chi connectivity index (χ2n) is 6.86. The van der Waals surface area contributed by atoms with E-state index < -0.39 is 12.6 Å². The van der Waals surface area contributed by atoms with Crippen molar-refractivity contribution in [3.05, 3.63) is 89.3 Å². The van der Waals surface area contributed by atoms with Crippen molar-refractivity contribution in [2.75, 3.05) is 18.6 Å². The zero-order valence-electron chi connectivity index (χ0n) is 17.6. The molecule has 0 aromatic heterocycles. The summed E-state index contributed by atoms with van der Waals surface area (Å²) in [6.45, 7) is -0.644. The molecule has 0 radical (unpaired) electrons. The molecule has 1 fully saturated rings. The SMILES string of the molecule is COc1cccc(/C=C2\SC(=Nc3ccccc3)N(c3ccccc3)C2=O)c1OCC(=O)[O-]. The van der Waals surface area contributed by atoms with Gasteiger partial charge in [0.15, 0.2) is 16.7 Å². The Morgan fingerprint density at radius 2 is 1.73 bits per heavy atom. The summed E-state index contributed by atoms with van der Waals surface area (Å²) in [6.07, 6.45) is 1.64. The molecule has 0 atom stereocenters. The van der Waals surface area contributed by atoms with E-state index in [9.17, 15) is 14.7 Å². The number of para-hydroxylation sites is 3. The van der Waals surface area contributed by atoms with Gasteiger partial charge in [0.1, 0.15) is 6.61 Å². The van der Waals surface area contributed by atoms with Gasteiger partial charge in [-0.2, -0.15) is 0 Å². The van der Waals surface area contributed by atoms with Crippen LogP contribution in [-0.2, 0) is 9.59 Å². The lowest BCUT2D eigenvalue weighted by atomic mass is 10.1. The minimum atomic E-state index is -1.36. The van der Waals surface area contributed by atoms with Crippen molar-refractivity contribution < 1.29 is 24.2 Å². The number of carboxylic acid groups (broad SMARTS) is 1. The normalized spacial score (nSPS) is 15.8. The Kier molecular flexibility index (Phi) is 6.75. The van der Waals surface area contributed by atoms with Crippen LogP contribution >= 0.6 is 11.8 Å². The largest absolute Gasteiger partial charge is 0.546 e. The lowest BCUT2D eigenvalue weighted by Crippen LogP contribution is -2.29. The molecule has 0 unspecified atom stereocenters. The van der Waals surface area contributed by atoms with Crippen molar-refractivity contribution in [3.63, 3.8) is 0 Å². The van der Waals surface area contributed by atoms with Crippen LogP contribution in [0.1, 0.15) is 5.56 Å². The highest BCUT2D eigenvalue weighted by Crippen LogP contribution is 2.40. The first kappa shape index (κ1) is 22.2. The molecule has 1 aliphatic heterocycles. The zero-order valence-corrected chi connectivity index (χ0v) is 18.5. The number of hydrogen-bond donors (Lipinski definition) is 0. The number of nitrogens with zero attached hydrogens (tertiary/aromatic N) is 2. The number of aliphatic carboxylic acids is 1. The standard InChI is InChI=1S/C25H20N2O5S/c1-31-20-14-8-9-17(23(20)32-16-22(28)29)15-21-24(30)27(19-12-6-3-7-13-19)25(33-21)26-18-10-4-2-5-11-18/h2-15H,16H2,1H3,(H,28,29)/p-1/b21-15-,26-25?. The molecule has 0 saturated carbocycles. The molecule has 0 bridgehead atoms. The van der Waals surface area contributed by atoms with Gasteiger partial charge in [0.25, 0.3) is 5.91 Å². The number of anilines is 1. The van der Waals surface area contributed by atoms with Gasteiger partial charge in [-0.05, 0) is 48.2 Å². The number of thioether (sulfide) groups is 1. The fraction of sp³-hybridized carbons (Fsp3) is 0.0800. The molecule has 1 heterocycles. The summed E-state index contributed by atoms with van der Waals surface area (Å²) in [7, 11) is 1.45. The molecule has 0 spiro atoms. The molecule has 1 saturated heterocycles. The number of carboxylic acids is 1. The van der Waals surface area contributed by atoms with Crippen LogP contribution in [0.15, 0.2) is 88.8 Å². The molecule has 8 heteroatoms. The van der Waals surface area contributed by atoms with Gasteiger partial charge in [-0.15, -0.1) is 0 Å². The number of carbonyl (C=O) groups is 2. The van der Waals surface area contributed by atoms with Gasteiger partial charge in [-0.1, -0.05) is 48.5 Å². The third-order valence-corrected chi connectivity index (χ3v) is 5.62. The summed E-state index contributed by atoms with van der Waals surface area (Å²) in [4.78, 5) is 31.0. The molecule has 33 heavy (non-hydrogen) atoms. The smallest absolute Gasteiger partial charge is 0.271 e. The lowest BCUT2D eigenvalue weighted by molar-refractivity contribution is -0.307. The zero-order chi connectivity index (χ0) is 23.2. The van der Waals surface area contributed by atoms with Gasteiger partial charge in [0.05, 0.1) is 29.4 Å². The Labute approximate surface area is 195 Å². The Balaban J connectivity index is 1.77. The van der Waals surface area contributed by atoms with Gasteiger partial charge < -0.3 is 19.4 Å². The topological polar surface area (TPSA) is 91.3 Å². The molecule has 4 rings (SSSR count). The first-order chi connectivity index (χ1) is 16.1. The van der Waals surface area contributed by atoms with Crippen molar-refractivity contribution in [1.29, 1.82) is 0 Å². The number of ether oxygens (including phenoxy) is 2. The van der Waals surface area contributed by atoms with Crippen LogP contribution in [0.5, 0.6) is 11.5 Å². The molecule has 0 aliphatic carbocycles. The molecule has 7 nitrogen and oxygen atoms in total. The number of aliphatic imine (C=N–C) groups is 1. The molecule has 1 amide bonds. The first-order valence-electron chi connectivity index (χ1n) is 9.99. The predicted octanol–water partition coefficient (Wildman–Crippen LogP) is 3.63. The Hall–Kier alpha value is -4.04. The van der Waals surface area contributed by atoms with E-state index in [4.69, 9.17) is 9.47 Å². The maximum atomic E-state index is 13.4. The molecular formula is C25H19N2O5S-. The number of carbonyl (C=O) groups excluding carboxylic acids is 2. The Morgan fingerprint density at radius 1 is 1.03 bits per heavy atom. The average Bonchev–Trinajstić information content (AvgIpc) is 3.13. The molecule has 1 aliphatic rings. The molecule has 166 valence electrons. The van der Waals surface area contributed by atoms with E-state index in [1.165, 1.54) is 18.9 Å². The van der Waals surface area contributed by atoms with Gasteiger partial charge in [0.2, 0.25) is 0 Å². The van der Waals surface area contributed by atoms with Gasteiger partial charge in [-0.25, -0.2) is 4.99 Å². The summed E-state index contributed by atoms with van der Waals surface area (Å²) < 4.78 is 10.7. The number of benzene rings is 3. The maximum absolute atomic E-state index is 13.4. The number of rotatable bonds is 7. The predicted molar refractivity (Wildman–Crippen MR) is 127 cm³/mol. The monoisotopic (exact) mass is 459 g/mol. The van der Waals surface area contributed by atoms with Gasteiger partial charge in [0, 0.05) is 5.56 Å². The van der Waals surface area contributed by atoms with Crippen LogP contribution in [0, 0.1) is 0 Å². The number of amides is 1. The maximum Gasteiger partial charge on any atom is 0.271 e. The Morgan fingerprint density at radius 3 is 2.39 bits per heavy atom. The van der Waals surface area contributed by atoms with Crippen molar-refractivity contribution in [2.45, 2.75) is 0 Å². The highest BCUT2D eigenvalue weighted by molar-refractivity contribution is 8.19. The van der Waals surface area contributed by atoms with Crippen molar-refractivity contribution in [2.24, 2.45) is 4.99 Å². The lowest BCUT2D eigenvalue weighted by Gasteiger charge is -2.15. The van der Waals surface area contributed by atoms with E-state index in [1.807, 2.05) is 60.7 Å². The second-order valence-corrected chi connectivity index (χ2v) is 7.87. The fourth-order valence-corrected chi connectivity index (χ4v) is 4.19. The van der Waals surface area contributed by atoms with Crippen molar-refractivity contribution >= 4 is 46.3 Å². The van der Waals surface area contributed by atoms with Crippen LogP contribution < -0.4 is 19.5 Å². The van der Waals surface area contributed by atoms with Crippen LogP contribution in [-0.4, -0.2) is 30.8 Å². The minimum Gasteiger partial charge on any atom is -0.546 e. The number of hydrogen-bond acceptors (Lipinski definition) is 7. The van der Waals surface area contributed by atoms with Crippen LogP contribution in [0.25, 0.3) is 6.08 Å². The van der Waals surface area contributed by atoms with Crippen LogP contribution in [0.3, 0.4) is 0 Å². The van der Waals surface area contributed by atoms with E-state index in [0.717, 1.165) is 0 Å². The summed E-state index contributed by atoms with van der Waals surface area (Å²) >= 11 is 1.22. The molecular weight excluding hydrogens is 440 g/mol. The fourth-order valence-electron chi connectivity index (χ4n) is 3.20. The number of amidine groups is 1.